The molecule has 2 fully saturated rings. The van der Waals surface area contributed by atoms with Gasteiger partial charge >= 0.3 is 5.97 Å². The topological polar surface area (TPSA) is 49.8 Å². The average Bonchev–Trinajstić information content (AvgIpc) is 3.05. The minimum absolute atomic E-state index is 0.0165. The number of hydrogen-bond acceptors (Lipinski definition) is 4. The number of aliphatic hydroxyl groups excluding tert-OH is 1. The van der Waals surface area contributed by atoms with Gasteiger partial charge in [0.1, 0.15) is 12.1 Å². The summed E-state index contributed by atoms with van der Waals surface area (Å²) in [6.45, 7) is 2.88. The van der Waals surface area contributed by atoms with Gasteiger partial charge in [-0.1, -0.05) is 30.3 Å². The number of nitrogens with zero attached hydrogens (tertiary/aromatic N) is 1. The van der Waals surface area contributed by atoms with Crippen LogP contribution in [0.2, 0.25) is 0 Å². The van der Waals surface area contributed by atoms with Crippen LogP contribution >= 0.6 is 0 Å². The fraction of sp³-hybridized carbons (Fsp3) is 0.588. The van der Waals surface area contributed by atoms with Crippen LogP contribution in [0.1, 0.15) is 44.3 Å². The second-order valence-electron chi connectivity index (χ2n) is 6.20. The van der Waals surface area contributed by atoms with Gasteiger partial charge in [0.15, 0.2) is 0 Å². The standard InChI is InChI=1S/C17H23NO3/c1-12-10-15(17(20)21-12)18-9-5-8-14(18)11-16(19)13-6-3-2-4-7-13/h2-4,6-7,12,14-16,19H,5,8-11H2,1H3. The number of aliphatic hydroxyl groups is 1. The molecule has 0 spiro atoms. The van der Waals surface area contributed by atoms with E-state index in [1.807, 2.05) is 37.3 Å². The number of esters is 1. The van der Waals surface area contributed by atoms with Gasteiger partial charge in [-0.3, -0.25) is 9.69 Å². The summed E-state index contributed by atoms with van der Waals surface area (Å²) < 4.78 is 5.28. The fourth-order valence-corrected chi connectivity index (χ4v) is 3.60. The highest BCUT2D eigenvalue weighted by molar-refractivity contribution is 5.78. The monoisotopic (exact) mass is 289 g/mol. The van der Waals surface area contributed by atoms with Crippen molar-refractivity contribution in [3.05, 3.63) is 35.9 Å². The Labute approximate surface area is 125 Å². The second-order valence-corrected chi connectivity index (χ2v) is 6.20. The van der Waals surface area contributed by atoms with E-state index in [9.17, 15) is 9.90 Å². The number of ether oxygens (including phenoxy) is 1. The van der Waals surface area contributed by atoms with Crippen molar-refractivity contribution in [3.63, 3.8) is 0 Å². The first-order valence-electron chi connectivity index (χ1n) is 7.84. The summed E-state index contributed by atoms with van der Waals surface area (Å²) >= 11 is 0. The van der Waals surface area contributed by atoms with Gasteiger partial charge in [-0.2, -0.15) is 0 Å². The third kappa shape index (κ3) is 3.11. The molecule has 21 heavy (non-hydrogen) atoms. The molecule has 2 heterocycles. The maximum absolute atomic E-state index is 11.9. The molecule has 4 heteroatoms. The molecule has 1 aromatic carbocycles. The molecule has 4 nitrogen and oxygen atoms in total. The summed E-state index contributed by atoms with van der Waals surface area (Å²) in [6, 6.07) is 9.90. The van der Waals surface area contributed by atoms with Crippen molar-refractivity contribution in [2.45, 2.75) is 56.9 Å². The van der Waals surface area contributed by atoms with Gasteiger partial charge in [0.25, 0.3) is 0 Å². The van der Waals surface area contributed by atoms with Crippen molar-refractivity contribution in [2.75, 3.05) is 6.54 Å². The zero-order chi connectivity index (χ0) is 14.8. The first-order chi connectivity index (χ1) is 10.1. The van der Waals surface area contributed by atoms with Crippen LogP contribution in [0.4, 0.5) is 0 Å². The van der Waals surface area contributed by atoms with Gasteiger partial charge in [-0.15, -0.1) is 0 Å². The van der Waals surface area contributed by atoms with Crippen molar-refractivity contribution >= 4 is 5.97 Å². The summed E-state index contributed by atoms with van der Waals surface area (Å²) in [5.74, 6) is -0.0939. The van der Waals surface area contributed by atoms with Crippen LogP contribution in [-0.4, -0.2) is 40.7 Å². The van der Waals surface area contributed by atoms with Gasteiger partial charge < -0.3 is 9.84 Å². The highest BCUT2D eigenvalue weighted by Gasteiger charge is 2.41. The van der Waals surface area contributed by atoms with Crippen LogP contribution < -0.4 is 0 Å². The average molecular weight is 289 g/mol. The van der Waals surface area contributed by atoms with E-state index < -0.39 is 6.10 Å². The Bertz CT molecular complexity index is 490. The van der Waals surface area contributed by atoms with Crippen LogP contribution in [0.3, 0.4) is 0 Å². The van der Waals surface area contributed by atoms with Crippen LogP contribution in [0.15, 0.2) is 30.3 Å². The van der Waals surface area contributed by atoms with E-state index in [0.29, 0.717) is 6.42 Å². The minimum Gasteiger partial charge on any atom is -0.461 e. The second kappa shape index (κ2) is 6.16. The third-order valence-corrected chi connectivity index (χ3v) is 4.65. The first-order valence-corrected chi connectivity index (χ1v) is 7.84. The summed E-state index contributed by atoms with van der Waals surface area (Å²) in [5.41, 5.74) is 0.951. The largest absolute Gasteiger partial charge is 0.461 e. The van der Waals surface area contributed by atoms with E-state index in [2.05, 4.69) is 4.90 Å². The lowest BCUT2D eigenvalue weighted by atomic mass is 9.99. The zero-order valence-corrected chi connectivity index (χ0v) is 12.4. The number of likely N-dealkylation sites (tertiary alicyclic amines) is 1. The number of carbonyl (C=O) groups is 1. The normalized spacial score (nSPS) is 31.3. The Kier molecular flexibility index (Phi) is 4.27. The van der Waals surface area contributed by atoms with E-state index in [4.69, 9.17) is 4.74 Å². The van der Waals surface area contributed by atoms with Crippen LogP contribution in [0.5, 0.6) is 0 Å². The van der Waals surface area contributed by atoms with E-state index in [1.165, 1.54) is 0 Å². The molecule has 0 saturated carbocycles. The number of rotatable bonds is 4. The number of benzene rings is 1. The third-order valence-electron chi connectivity index (χ3n) is 4.65. The lowest BCUT2D eigenvalue weighted by Crippen LogP contribution is -2.42. The van der Waals surface area contributed by atoms with E-state index in [1.54, 1.807) is 0 Å². The van der Waals surface area contributed by atoms with Crippen molar-refractivity contribution < 1.29 is 14.6 Å². The molecule has 4 atom stereocenters. The maximum atomic E-state index is 11.9. The summed E-state index contributed by atoms with van der Waals surface area (Å²) in [4.78, 5) is 14.2. The molecule has 0 radical (unpaired) electrons. The van der Waals surface area contributed by atoms with Gasteiger partial charge in [0, 0.05) is 12.5 Å². The number of cyclic esters (lactones) is 1. The smallest absolute Gasteiger partial charge is 0.323 e. The number of carbonyl (C=O) groups excluding carboxylic acids is 1. The summed E-state index contributed by atoms with van der Waals surface area (Å²) in [7, 11) is 0. The molecule has 0 amide bonds. The molecule has 1 N–H and O–H groups in total. The Balaban J connectivity index is 1.66. The lowest BCUT2D eigenvalue weighted by molar-refractivity contribution is -0.145. The molecule has 0 aliphatic carbocycles. The SMILES string of the molecule is CC1CC(N2CCCC2CC(O)c2ccccc2)C(=O)O1. The quantitative estimate of drug-likeness (QED) is 0.864. The Morgan fingerprint density at radius 1 is 1.38 bits per heavy atom. The molecule has 4 unspecified atom stereocenters. The van der Waals surface area contributed by atoms with Crippen LogP contribution in [0.25, 0.3) is 0 Å². The highest BCUT2D eigenvalue weighted by Crippen LogP contribution is 2.32. The molecule has 2 aliphatic rings. The lowest BCUT2D eigenvalue weighted by Gasteiger charge is -2.29. The molecule has 2 aliphatic heterocycles. The van der Waals surface area contributed by atoms with Gasteiger partial charge in [-0.05, 0) is 38.3 Å². The van der Waals surface area contributed by atoms with Crippen LogP contribution in [0, 0.1) is 0 Å². The molecule has 2 saturated heterocycles. The minimum atomic E-state index is -0.466. The van der Waals surface area contributed by atoms with Gasteiger partial charge in [0.05, 0.1) is 6.10 Å². The van der Waals surface area contributed by atoms with Gasteiger partial charge in [-0.25, -0.2) is 0 Å². The first kappa shape index (κ1) is 14.5. The van der Waals surface area contributed by atoms with Crippen molar-refractivity contribution in [1.82, 2.24) is 4.90 Å². The van der Waals surface area contributed by atoms with Crippen molar-refractivity contribution in [1.29, 1.82) is 0 Å². The Morgan fingerprint density at radius 3 is 2.81 bits per heavy atom. The Morgan fingerprint density at radius 2 is 2.14 bits per heavy atom. The van der Waals surface area contributed by atoms with E-state index in [0.717, 1.165) is 31.4 Å². The van der Waals surface area contributed by atoms with Crippen molar-refractivity contribution in [2.24, 2.45) is 0 Å². The van der Waals surface area contributed by atoms with E-state index >= 15 is 0 Å². The molecule has 0 aromatic heterocycles. The Hall–Kier alpha value is -1.39. The number of hydrogen-bond donors (Lipinski definition) is 1. The molecular formula is C17H23NO3. The summed E-state index contributed by atoms with van der Waals surface area (Å²) in [5, 5.41) is 10.4. The zero-order valence-electron chi connectivity index (χ0n) is 12.4. The molecule has 114 valence electrons. The predicted octanol–water partition coefficient (Wildman–Crippen LogP) is 2.28. The van der Waals surface area contributed by atoms with Crippen LogP contribution in [-0.2, 0) is 9.53 Å². The molecule has 3 rings (SSSR count). The van der Waals surface area contributed by atoms with Gasteiger partial charge in [0.2, 0.25) is 0 Å². The molecule has 0 bridgehead atoms. The predicted molar refractivity (Wildman–Crippen MR) is 79.7 cm³/mol. The van der Waals surface area contributed by atoms with Crippen molar-refractivity contribution in [3.8, 4) is 0 Å². The maximum Gasteiger partial charge on any atom is 0.323 e. The van der Waals surface area contributed by atoms with E-state index in [-0.39, 0.29) is 24.2 Å². The fourth-order valence-electron chi connectivity index (χ4n) is 3.60. The summed E-state index contributed by atoms with van der Waals surface area (Å²) in [6.07, 6.45) is 3.14. The molecular weight excluding hydrogens is 266 g/mol. The molecule has 1 aromatic rings. The highest BCUT2D eigenvalue weighted by atomic mass is 16.6.